The number of aliphatic hydroxyl groups excluding tert-OH is 1. The molecule has 4 nitrogen and oxygen atoms in total. The van der Waals surface area contributed by atoms with Gasteiger partial charge in [0.05, 0.1) is 11.9 Å². The van der Waals surface area contributed by atoms with Crippen LogP contribution in [0.4, 0.5) is 0 Å². The number of thiophene rings is 1. The van der Waals surface area contributed by atoms with Crippen molar-refractivity contribution in [2.75, 3.05) is 13.7 Å². The quantitative estimate of drug-likeness (QED) is 0.841. The zero-order chi connectivity index (χ0) is 14.5. The van der Waals surface area contributed by atoms with Gasteiger partial charge in [0.25, 0.3) is 0 Å². The van der Waals surface area contributed by atoms with Crippen LogP contribution in [0.5, 0.6) is 0 Å². The summed E-state index contributed by atoms with van der Waals surface area (Å²) in [6, 6.07) is 1.89. The van der Waals surface area contributed by atoms with Gasteiger partial charge in [0.15, 0.2) is 0 Å². The Kier molecular flexibility index (Phi) is 6.01. The Balaban J connectivity index is 2.72. The van der Waals surface area contributed by atoms with E-state index in [0.29, 0.717) is 13.0 Å². The molecule has 1 aromatic rings. The van der Waals surface area contributed by atoms with Gasteiger partial charge in [-0.15, -0.1) is 11.3 Å². The molecule has 0 aromatic carbocycles. The number of hydrogen-bond acceptors (Lipinski definition) is 4. The van der Waals surface area contributed by atoms with Crippen LogP contribution in [-0.2, 0) is 16.6 Å². The molecule has 6 heteroatoms. The van der Waals surface area contributed by atoms with Gasteiger partial charge in [-0.1, -0.05) is 11.8 Å². The maximum absolute atomic E-state index is 11.9. The summed E-state index contributed by atoms with van der Waals surface area (Å²) in [5, 5.41) is 10.1. The molecule has 1 rings (SSSR count). The van der Waals surface area contributed by atoms with Crippen LogP contribution in [0.15, 0.2) is 11.4 Å². The third-order valence-corrected chi connectivity index (χ3v) is 5.64. The molecule has 0 atom stereocenters. The molecular formula is C13H19NO3S2. The van der Waals surface area contributed by atoms with Crippen molar-refractivity contribution in [1.29, 1.82) is 0 Å². The van der Waals surface area contributed by atoms with Gasteiger partial charge >= 0.3 is 0 Å². The molecule has 0 aliphatic rings. The van der Waals surface area contributed by atoms with Gasteiger partial charge in [0, 0.05) is 35.8 Å². The second-order valence-corrected chi connectivity index (χ2v) is 8.02. The molecular weight excluding hydrogens is 282 g/mol. The predicted molar refractivity (Wildman–Crippen MR) is 78.4 cm³/mol. The van der Waals surface area contributed by atoms with Crippen molar-refractivity contribution in [1.82, 2.24) is 4.31 Å². The van der Waals surface area contributed by atoms with Crippen LogP contribution >= 0.6 is 11.3 Å². The van der Waals surface area contributed by atoms with Crippen LogP contribution in [0.3, 0.4) is 0 Å². The third-order valence-electron chi connectivity index (χ3n) is 2.53. The Morgan fingerprint density at radius 3 is 2.74 bits per heavy atom. The van der Waals surface area contributed by atoms with Crippen molar-refractivity contribution in [2.24, 2.45) is 0 Å². The van der Waals surface area contributed by atoms with E-state index < -0.39 is 15.3 Å². The molecule has 0 unspecified atom stereocenters. The topological polar surface area (TPSA) is 57.6 Å². The molecule has 19 heavy (non-hydrogen) atoms. The minimum Gasteiger partial charge on any atom is -0.395 e. The number of nitrogens with zero attached hydrogens (tertiary/aromatic N) is 1. The molecule has 0 radical (unpaired) electrons. The van der Waals surface area contributed by atoms with Crippen LogP contribution in [0.2, 0.25) is 0 Å². The van der Waals surface area contributed by atoms with Crippen molar-refractivity contribution in [3.63, 3.8) is 0 Å². The van der Waals surface area contributed by atoms with Gasteiger partial charge in [0.2, 0.25) is 10.0 Å². The summed E-state index contributed by atoms with van der Waals surface area (Å²) in [6.07, 6.45) is 0.451. The van der Waals surface area contributed by atoms with Crippen LogP contribution in [-0.4, -0.2) is 36.7 Å². The predicted octanol–water partition coefficient (Wildman–Crippen LogP) is 1.65. The Hall–Kier alpha value is -0.870. The van der Waals surface area contributed by atoms with Crippen molar-refractivity contribution in [3.8, 4) is 11.8 Å². The molecule has 1 aromatic heterocycles. The lowest BCUT2D eigenvalue weighted by Gasteiger charge is -2.18. The molecule has 0 fully saturated rings. The third kappa shape index (κ3) is 4.62. The average Bonchev–Trinajstić information content (AvgIpc) is 2.77. The van der Waals surface area contributed by atoms with Crippen LogP contribution in [0.25, 0.3) is 0 Å². The Labute approximate surface area is 119 Å². The first-order chi connectivity index (χ1) is 8.87. The lowest BCUT2D eigenvalue weighted by molar-refractivity contribution is 0.305. The van der Waals surface area contributed by atoms with Gasteiger partial charge in [-0.25, -0.2) is 8.42 Å². The van der Waals surface area contributed by atoms with Crippen molar-refractivity contribution >= 4 is 21.4 Å². The van der Waals surface area contributed by atoms with Crippen LogP contribution in [0, 0.1) is 11.8 Å². The zero-order valence-electron chi connectivity index (χ0n) is 11.4. The summed E-state index contributed by atoms with van der Waals surface area (Å²) >= 11 is 1.49. The monoisotopic (exact) mass is 301 g/mol. The summed E-state index contributed by atoms with van der Waals surface area (Å²) in [5.74, 6) is 5.77. The fourth-order valence-corrected chi connectivity index (χ4v) is 3.41. The van der Waals surface area contributed by atoms with Crippen LogP contribution < -0.4 is 0 Å². The second-order valence-electron chi connectivity index (χ2n) is 4.43. The summed E-state index contributed by atoms with van der Waals surface area (Å²) < 4.78 is 25.2. The highest BCUT2D eigenvalue weighted by atomic mass is 32.2. The minimum atomic E-state index is -3.22. The van der Waals surface area contributed by atoms with Crippen molar-refractivity contribution < 1.29 is 13.5 Å². The van der Waals surface area contributed by atoms with Gasteiger partial charge in [-0.2, -0.15) is 4.31 Å². The molecule has 0 amide bonds. The highest BCUT2D eigenvalue weighted by Crippen LogP contribution is 2.18. The van der Waals surface area contributed by atoms with Gasteiger partial charge in [-0.3, -0.25) is 0 Å². The first-order valence-electron chi connectivity index (χ1n) is 6.00. The summed E-state index contributed by atoms with van der Waals surface area (Å²) in [6.45, 7) is 3.77. The van der Waals surface area contributed by atoms with Crippen LogP contribution in [0.1, 0.15) is 30.7 Å². The molecule has 0 aliphatic carbocycles. The largest absolute Gasteiger partial charge is 0.395 e. The van der Waals surface area contributed by atoms with E-state index >= 15 is 0 Å². The maximum Gasteiger partial charge on any atom is 0.216 e. The highest BCUT2D eigenvalue weighted by molar-refractivity contribution is 7.89. The molecule has 0 saturated carbocycles. The van der Waals surface area contributed by atoms with E-state index in [4.69, 9.17) is 5.11 Å². The van der Waals surface area contributed by atoms with Crippen molar-refractivity contribution in [2.45, 2.75) is 32.1 Å². The molecule has 1 N–H and O–H groups in total. The normalized spacial score (nSPS) is 11.7. The molecule has 0 aliphatic heterocycles. The van der Waals surface area contributed by atoms with E-state index in [1.54, 1.807) is 20.9 Å². The van der Waals surface area contributed by atoms with Gasteiger partial charge in [-0.05, 0) is 19.9 Å². The van der Waals surface area contributed by atoms with E-state index in [-0.39, 0.29) is 6.61 Å². The highest BCUT2D eigenvalue weighted by Gasteiger charge is 2.22. The Bertz CT molecular complexity index is 564. The van der Waals surface area contributed by atoms with E-state index in [0.717, 1.165) is 10.4 Å². The average molecular weight is 301 g/mol. The molecule has 0 bridgehead atoms. The Morgan fingerprint density at radius 1 is 1.47 bits per heavy atom. The number of sulfonamides is 1. The fraction of sp³-hybridized carbons (Fsp3) is 0.538. The lowest BCUT2D eigenvalue weighted by atomic mass is 10.3. The fourth-order valence-electron chi connectivity index (χ4n) is 1.42. The minimum absolute atomic E-state index is 0.0549. The molecule has 0 spiro atoms. The second kappa shape index (κ2) is 7.06. The Morgan fingerprint density at radius 2 is 2.16 bits per heavy atom. The number of hydrogen-bond donors (Lipinski definition) is 1. The van der Waals surface area contributed by atoms with Crippen molar-refractivity contribution in [3.05, 3.63) is 21.9 Å². The first kappa shape index (κ1) is 16.2. The van der Waals surface area contributed by atoms with E-state index in [1.165, 1.54) is 15.6 Å². The number of aliphatic hydroxyl groups is 1. The van der Waals surface area contributed by atoms with Gasteiger partial charge < -0.3 is 5.11 Å². The lowest BCUT2D eigenvalue weighted by Crippen LogP contribution is -2.32. The smallest absolute Gasteiger partial charge is 0.216 e. The molecule has 1 heterocycles. The maximum atomic E-state index is 11.9. The first-order valence-corrected chi connectivity index (χ1v) is 8.38. The van der Waals surface area contributed by atoms with E-state index in [2.05, 4.69) is 11.8 Å². The standard InChI is InChI=1S/C13H19NO3S2/c1-11(2)19(16,17)14(3)9-13-8-12(10-18-13)6-4-5-7-15/h8,10-11,15H,5,7,9H2,1-3H3. The molecule has 0 saturated heterocycles. The van der Waals surface area contributed by atoms with Gasteiger partial charge in [0.1, 0.15) is 0 Å². The zero-order valence-corrected chi connectivity index (χ0v) is 13.0. The SMILES string of the molecule is CC(C)S(=O)(=O)N(C)Cc1cc(C#CCCO)cs1. The summed E-state index contributed by atoms with van der Waals surface area (Å²) in [4.78, 5) is 0.958. The molecule has 106 valence electrons. The summed E-state index contributed by atoms with van der Waals surface area (Å²) in [7, 11) is -1.63. The number of rotatable bonds is 5. The van der Waals surface area contributed by atoms with E-state index in [9.17, 15) is 8.42 Å². The van der Waals surface area contributed by atoms with E-state index in [1.807, 2.05) is 11.4 Å². The summed E-state index contributed by atoms with van der Waals surface area (Å²) in [5.41, 5.74) is 0.865.